The Balaban J connectivity index is 2.35. The molecule has 1 fully saturated rings. The van der Waals surface area contributed by atoms with Crippen LogP contribution < -0.4 is 5.56 Å². The van der Waals surface area contributed by atoms with E-state index in [-0.39, 0.29) is 11.7 Å². The van der Waals surface area contributed by atoms with Crippen molar-refractivity contribution in [2.45, 2.75) is 19.6 Å². The number of nitrogens with zero attached hydrogens (tertiary/aromatic N) is 2. The van der Waals surface area contributed by atoms with Gasteiger partial charge in [-0.05, 0) is 22.9 Å². The molecule has 1 aliphatic heterocycles. The van der Waals surface area contributed by atoms with Crippen LogP contribution in [0.15, 0.2) is 15.6 Å². The topological polar surface area (TPSA) is 47.4 Å². The Bertz CT molecular complexity index is 384. The summed E-state index contributed by atoms with van der Waals surface area (Å²) in [6.45, 7) is 3.14. The van der Waals surface area contributed by atoms with Gasteiger partial charge in [-0.2, -0.15) is 0 Å². The molecule has 1 aliphatic rings. The molecule has 1 atom stereocenters. The van der Waals surface area contributed by atoms with E-state index in [1.807, 2.05) is 0 Å². The van der Waals surface area contributed by atoms with Gasteiger partial charge in [-0.1, -0.05) is 0 Å². The van der Waals surface area contributed by atoms with Crippen LogP contribution in [0.1, 0.15) is 5.69 Å². The fourth-order valence-electron chi connectivity index (χ4n) is 1.07. The average Bonchev–Trinajstić information content (AvgIpc) is 2.90. The summed E-state index contributed by atoms with van der Waals surface area (Å²) in [5.41, 5.74) is 0.681. The molecule has 1 saturated heterocycles. The van der Waals surface area contributed by atoms with Crippen LogP contribution in [0.25, 0.3) is 0 Å². The molecule has 0 spiro atoms. The van der Waals surface area contributed by atoms with E-state index < -0.39 is 0 Å². The van der Waals surface area contributed by atoms with E-state index in [4.69, 9.17) is 4.74 Å². The van der Waals surface area contributed by atoms with Crippen molar-refractivity contribution in [3.8, 4) is 0 Å². The molecule has 4 nitrogen and oxygen atoms in total. The molecule has 0 aliphatic carbocycles. The first kappa shape index (κ1) is 8.90. The Labute approximate surface area is 83.7 Å². The summed E-state index contributed by atoms with van der Waals surface area (Å²) in [5.74, 6) is 0. The predicted octanol–water partition coefficient (Wildman–Crippen LogP) is 0.713. The summed E-state index contributed by atoms with van der Waals surface area (Å²) < 4.78 is 7.14. The monoisotopic (exact) mass is 244 g/mol. The van der Waals surface area contributed by atoms with E-state index >= 15 is 0 Å². The fourth-order valence-corrected chi connectivity index (χ4v) is 1.40. The highest BCUT2D eigenvalue weighted by Crippen LogP contribution is 2.11. The number of halogens is 1. The Morgan fingerprint density at radius 3 is 3.15 bits per heavy atom. The van der Waals surface area contributed by atoms with Crippen LogP contribution in [0.4, 0.5) is 0 Å². The molecular weight excluding hydrogens is 236 g/mol. The second-order valence-corrected chi connectivity index (χ2v) is 3.85. The zero-order chi connectivity index (χ0) is 9.42. The third kappa shape index (κ3) is 1.81. The summed E-state index contributed by atoms with van der Waals surface area (Å²) in [6, 6.07) is 0. The lowest BCUT2D eigenvalue weighted by Crippen LogP contribution is -2.24. The maximum absolute atomic E-state index is 11.6. The zero-order valence-corrected chi connectivity index (χ0v) is 8.74. The van der Waals surface area contributed by atoms with Crippen molar-refractivity contribution in [3.63, 3.8) is 0 Å². The van der Waals surface area contributed by atoms with Crippen molar-refractivity contribution < 1.29 is 4.74 Å². The minimum atomic E-state index is -0.0389. The quantitative estimate of drug-likeness (QED) is 0.721. The Kier molecular flexibility index (Phi) is 2.21. The van der Waals surface area contributed by atoms with Gasteiger partial charge in [0.2, 0.25) is 0 Å². The minimum Gasteiger partial charge on any atom is -0.371 e. The molecule has 0 unspecified atom stereocenters. The van der Waals surface area contributed by atoms with E-state index in [1.54, 1.807) is 17.8 Å². The molecule has 2 heterocycles. The van der Waals surface area contributed by atoms with Gasteiger partial charge >= 0.3 is 0 Å². The number of epoxide rings is 1. The molecule has 0 saturated carbocycles. The van der Waals surface area contributed by atoms with Crippen LogP contribution in [-0.2, 0) is 11.3 Å². The highest BCUT2D eigenvalue weighted by atomic mass is 79.9. The maximum atomic E-state index is 11.6. The van der Waals surface area contributed by atoms with Gasteiger partial charge in [-0.3, -0.25) is 9.36 Å². The number of aryl methyl sites for hydroxylation is 1. The van der Waals surface area contributed by atoms with Crippen LogP contribution in [0.3, 0.4) is 0 Å². The van der Waals surface area contributed by atoms with Crippen molar-refractivity contribution in [3.05, 3.63) is 26.8 Å². The molecule has 0 aromatic carbocycles. The first-order chi connectivity index (χ1) is 6.18. The number of aromatic nitrogens is 2. The SMILES string of the molecule is Cc1ncn(C[C@@H]2CO2)c(=O)c1Br. The minimum absolute atomic E-state index is 0.0389. The molecule has 70 valence electrons. The lowest BCUT2D eigenvalue weighted by atomic mass is 10.4. The first-order valence-corrected chi connectivity index (χ1v) is 4.81. The summed E-state index contributed by atoms with van der Waals surface area (Å²) in [4.78, 5) is 15.7. The van der Waals surface area contributed by atoms with Gasteiger partial charge in [0.25, 0.3) is 5.56 Å². The van der Waals surface area contributed by atoms with E-state index in [1.165, 1.54) is 0 Å². The molecule has 13 heavy (non-hydrogen) atoms. The molecule has 0 N–H and O–H groups in total. The first-order valence-electron chi connectivity index (χ1n) is 4.01. The van der Waals surface area contributed by atoms with Crippen molar-refractivity contribution in [1.82, 2.24) is 9.55 Å². The molecule has 0 amide bonds. The van der Waals surface area contributed by atoms with Gasteiger partial charge in [-0.25, -0.2) is 4.98 Å². The largest absolute Gasteiger partial charge is 0.371 e. The second-order valence-electron chi connectivity index (χ2n) is 3.06. The molecule has 2 rings (SSSR count). The van der Waals surface area contributed by atoms with Crippen molar-refractivity contribution in [2.24, 2.45) is 0 Å². The Morgan fingerprint density at radius 1 is 1.85 bits per heavy atom. The zero-order valence-electron chi connectivity index (χ0n) is 7.16. The number of hydrogen-bond acceptors (Lipinski definition) is 3. The predicted molar refractivity (Wildman–Crippen MR) is 50.7 cm³/mol. The van der Waals surface area contributed by atoms with Crippen LogP contribution in [-0.4, -0.2) is 22.3 Å². The van der Waals surface area contributed by atoms with Gasteiger partial charge < -0.3 is 4.74 Å². The number of ether oxygens (including phenoxy) is 1. The Morgan fingerprint density at radius 2 is 2.54 bits per heavy atom. The Hall–Kier alpha value is -0.680. The highest BCUT2D eigenvalue weighted by Gasteiger charge is 2.23. The summed E-state index contributed by atoms with van der Waals surface area (Å²) in [5, 5.41) is 0. The maximum Gasteiger partial charge on any atom is 0.267 e. The molecule has 5 heteroatoms. The van der Waals surface area contributed by atoms with Crippen LogP contribution in [0.2, 0.25) is 0 Å². The van der Waals surface area contributed by atoms with E-state index in [9.17, 15) is 4.79 Å². The van der Waals surface area contributed by atoms with Gasteiger partial charge in [0.15, 0.2) is 0 Å². The molecule has 0 bridgehead atoms. The summed E-state index contributed by atoms with van der Waals surface area (Å²) in [7, 11) is 0. The third-order valence-corrected chi connectivity index (χ3v) is 2.87. The standard InChI is InChI=1S/C8H9BrN2O2/c1-5-7(9)8(12)11(4-10-5)2-6-3-13-6/h4,6H,2-3H2,1H3/t6-/m1/s1. The molecule has 1 aromatic rings. The number of rotatable bonds is 2. The molecular formula is C8H9BrN2O2. The van der Waals surface area contributed by atoms with Crippen LogP contribution >= 0.6 is 15.9 Å². The van der Waals surface area contributed by atoms with Gasteiger partial charge in [0.05, 0.1) is 31.3 Å². The van der Waals surface area contributed by atoms with E-state index in [0.29, 0.717) is 11.0 Å². The van der Waals surface area contributed by atoms with Gasteiger partial charge in [0, 0.05) is 0 Å². The van der Waals surface area contributed by atoms with Crippen molar-refractivity contribution >= 4 is 15.9 Å². The lowest BCUT2D eigenvalue weighted by Gasteiger charge is -2.03. The normalized spacial score (nSPS) is 20.3. The van der Waals surface area contributed by atoms with Gasteiger partial charge in [0.1, 0.15) is 4.47 Å². The van der Waals surface area contributed by atoms with E-state index in [0.717, 1.165) is 12.3 Å². The average molecular weight is 245 g/mol. The molecule has 0 radical (unpaired) electrons. The summed E-state index contributed by atoms with van der Waals surface area (Å²) >= 11 is 3.20. The highest BCUT2D eigenvalue weighted by molar-refractivity contribution is 9.10. The third-order valence-electron chi connectivity index (χ3n) is 1.96. The van der Waals surface area contributed by atoms with Crippen LogP contribution in [0.5, 0.6) is 0 Å². The van der Waals surface area contributed by atoms with E-state index in [2.05, 4.69) is 20.9 Å². The summed E-state index contributed by atoms with van der Waals surface area (Å²) in [6.07, 6.45) is 1.76. The smallest absolute Gasteiger partial charge is 0.267 e. The van der Waals surface area contributed by atoms with Crippen molar-refractivity contribution in [2.75, 3.05) is 6.61 Å². The second kappa shape index (κ2) is 3.23. The van der Waals surface area contributed by atoms with Crippen LogP contribution in [0, 0.1) is 6.92 Å². The molecule has 1 aromatic heterocycles. The lowest BCUT2D eigenvalue weighted by molar-refractivity contribution is 0.378. The van der Waals surface area contributed by atoms with Crippen molar-refractivity contribution in [1.29, 1.82) is 0 Å². The van der Waals surface area contributed by atoms with Gasteiger partial charge in [-0.15, -0.1) is 0 Å². The number of hydrogen-bond donors (Lipinski definition) is 0. The fraction of sp³-hybridized carbons (Fsp3) is 0.500.